The summed E-state index contributed by atoms with van der Waals surface area (Å²) >= 11 is 4.96. The number of ether oxygens (including phenoxy) is 5. The van der Waals surface area contributed by atoms with Crippen LogP contribution in [0.1, 0.15) is 146 Å². The fourth-order valence-corrected chi connectivity index (χ4v) is 15.2. The first-order valence-corrected chi connectivity index (χ1v) is 36.9. The molecule has 0 radical (unpaired) electrons. The zero-order valence-electron chi connectivity index (χ0n) is 60.5. The molecule has 0 saturated heterocycles. The van der Waals surface area contributed by atoms with Gasteiger partial charge in [0.05, 0.1) is 62.5 Å². The van der Waals surface area contributed by atoms with Gasteiger partial charge in [-0.1, -0.05) is 152 Å². The molecule has 3 amide bonds. The smallest absolute Gasteiger partial charge is 0.314 e. The number of para-hydroxylation sites is 2. The van der Waals surface area contributed by atoms with E-state index in [1.807, 2.05) is 25.1 Å². The van der Waals surface area contributed by atoms with E-state index < -0.39 is 34.7 Å². The Kier molecular flexibility index (Phi) is 33.4. The summed E-state index contributed by atoms with van der Waals surface area (Å²) in [4.78, 5) is 56.9. The van der Waals surface area contributed by atoms with Crippen LogP contribution in [-0.4, -0.2) is 131 Å². The molecule has 6 rings (SSSR count). The highest BCUT2D eigenvalue weighted by atomic mass is 32.2. The van der Waals surface area contributed by atoms with Crippen LogP contribution in [0.25, 0.3) is 0 Å². The number of urea groups is 1. The quantitative estimate of drug-likeness (QED) is 0.00833. The first-order valence-electron chi connectivity index (χ1n) is 34.3. The van der Waals surface area contributed by atoms with Gasteiger partial charge in [0.1, 0.15) is 20.3 Å². The van der Waals surface area contributed by atoms with Crippen LogP contribution >= 0.6 is 34.9 Å². The van der Waals surface area contributed by atoms with Gasteiger partial charge in [-0.2, -0.15) is 9.84 Å². The van der Waals surface area contributed by atoms with Crippen LogP contribution in [0, 0.1) is 41.9 Å². The van der Waals surface area contributed by atoms with Crippen molar-refractivity contribution in [3.05, 3.63) is 189 Å². The van der Waals surface area contributed by atoms with Gasteiger partial charge in [0.2, 0.25) is 11.6 Å². The number of carbonyl (C=O) groups is 4. The molecule has 5 aromatic rings. The Labute approximate surface area is 601 Å². The summed E-state index contributed by atoms with van der Waals surface area (Å²) in [6, 6.07) is 38.0. The van der Waals surface area contributed by atoms with Crippen LogP contribution in [0.3, 0.4) is 0 Å². The summed E-state index contributed by atoms with van der Waals surface area (Å²) < 4.78 is 31.8. The molecule has 0 spiro atoms. The third-order valence-corrected chi connectivity index (χ3v) is 21.2. The van der Waals surface area contributed by atoms with Crippen molar-refractivity contribution in [1.29, 1.82) is 5.26 Å². The van der Waals surface area contributed by atoms with Crippen molar-refractivity contribution in [3.63, 3.8) is 0 Å². The van der Waals surface area contributed by atoms with Gasteiger partial charge in [-0.25, -0.2) is 4.79 Å². The van der Waals surface area contributed by atoms with E-state index in [-0.39, 0.29) is 63.0 Å². The highest BCUT2D eigenvalue weighted by Crippen LogP contribution is 2.46. The highest BCUT2D eigenvalue weighted by Gasteiger charge is 2.46. The number of amides is 3. The molecule has 5 unspecified atom stereocenters. The normalized spacial score (nSPS) is 15.3. The van der Waals surface area contributed by atoms with Gasteiger partial charge < -0.3 is 44.5 Å². The van der Waals surface area contributed by atoms with Crippen LogP contribution < -0.4 is 20.9 Å². The molecular weight excluding hydrogens is 1300 g/mol. The van der Waals surface area contributed by atoms with Crippen LogP contribution in [0.2, 0.25) is 0 Å². The number of rotatable bonds is 40. The SMILES string of the molecule is C=C(C)C(=O)NCCOC(=O)C(C)(C)CC(C)(CC(C#N)CC(CC(C)c1ccccc1)c1ccc(CSc2nnc(SC3=C(/C=C/C(C)=[N+](C)c4ccccc4C)CCC/C3=C\C=C(/C)N(C)c3ccccc3C)s2)cc1)C(=O)OCCNC(=O)NCCC(C)OCCOCCOC. The molecule has 1 aromatic heterocycles. The second-order valence-corrected chi connectivity index (χ2v) is 30.0. The zero-order valence-corrected chi connectivity index (χ0v) is 63.0. The van der Waals surface area contributed by atoms with E-state index in [1.54, 1.807) is 69.7 Å². The highest BCUT2D eigenvalue weighted by molar-refractivity contribution is 8.05. The maximum Gasteiger partial charge on any atom is 0.314 e. The monoisotopic (exact) mass is 1410 g/mol. The molecule has 1 aliphatic rings. The molecule has 20 heteroatoms. The minimum atomic E-state index is -1.36. The first kappa shape index (κ1) is 80.3. The van der Waals surface area contributed by atoms with Crippen LogP contribution in [0.4, 0.5) is 16.2 Å². The molecule has 1 heterocycles. The molecule has 0 saturated carbocycles. The first-order chi connectivity index (χ1) is 47.4. The number of nitrogens with zero attached hydrogens (tertiary/aromatic N) is 5. The average molecular weight is 1410 g/mol. The van der Waals surface area contributed by atoms with E-state index in [2.05, 4.69) is 196 Å². The van der Waals surface area contributed by atoms with E-state index in [9.17, 15) is 24.4 Å². The second kappa shape index (κ2) is 41.2. The fourth-order valence-electron chi connectivity index (χ4n) is 12.0. The second-order valence-electron chi connectivity index (χ2n) is 26.5. The number of aromatic nitrogens is 2. The van der Waals surface area contributed by atoms with Crippen molar-refractivity contribution in [2.45, 2.75) is 153 Å². The Morgan fingerprint density at radius 2 is 1.44 bits per heavy atom. The van der Waals surface area contributed by atoms with E-state index in [4.69, 9.17) is 33.9 Å². The lowest BCUT2D eigenvalue weighted by molar-refractivity contribution is -0.405. The summed E-state index contributed by atoms with van der Waals surface area (Å²) in [5.74, 6) is -1.49. The molecule has 4 aromatic carbocycles. The van der Waals surface area contributed by atoms with Crippen molar-refractivity contribution >= 4 is 75.8 Å². The maximum absolute atomic E-state index is 14.6. The van der Waals surface area contributed by atoms with E-state index in [0.717, 1.165) is 56.9 Å². The summed E-state index contributed by atoms with van der Waals surface area (Å²) in [6.07, 6.45) is 13.6. The lowest BCUT2D eigenvalue weighted by Crippen LogP contribution is -2.42. The van der Waals surface area contributed by atoms with Gasteiger partial charge >= 0.3 is 18.0 Å². The molecule has 3 N–H and O–H groups in total. The summed E-state index contributed by atoms with van der Waals surface area (Å²) in [5, 5.41) is 28.9. The van der Waals surface area contributed by atoms with E-state index in [1.165, 1.54) is 44.1 Å². The summed E-state index contributed by atoms with van der Waals surface area (Å²) in [6.45, 7) is 25.2. The number of carbonyl (C=O) groups excluding carboxylic acids is 4. The topological polar surface area (TPSA) is 206 Å². The van der Waals surface area contributed by atoms with Crippen molar-refractivity contribution in [3.8, 4) is 6.07 Å². The number of thioether (sulfide) groups is 2. The number of esters is 2. The van der Waals surface area contributed by atoms with Gasteiger partial charge in [-0.15, -0.1) is 10.2 Å². The Balaban J connectivity index is 1.18. The third kappa shape index (κ3) is 26.4. The van der Waals surface area contributed by atoms with Crippen LogP contribution in [0.5, 0.6) is 0 Å². The summed E-state index contributed by atoms with van der Waals surface area (Å²) in [7, 11) is 5.86. The number of benzene rings is 4. The maximum atomic E-state index is 14.6. The van der Waals surface area contributed by atoms with Gasteiger partial charge in [0.25, 0.3) is 0 Å². The third-order valence-electron chi connectivity index (χ3n) is 17.8. The molecule has 0 bridgehead atoms. The Morgan fingerprint density at radius 1 is 0.788 bits per heavy atom. The lowest BCUT2D eigenvalue weighted by Gasteiger charge is -2.36. The standard InChI is InChI=1S/C79H104N8O9S3/c1-55(2)72(88)81-41-43-95-73(89)78(9,10)54-79(11,74(90)96-44-42-83-75(91)82-40-39-61(8)94-48-47-93-46-45-92-14)51-63(52-80)50-68(49-58(5)64-25-16-15-17-26-64)65-37-33-62(34-38-65)53-97-76-84-85-77(99-76)98-71-66(35-31-59(6)86(12)69-29-20-18-23-56(69)3)27-22-28-67(71)36-32-60(7)87(13)70-30-21-19-24-57(70)4/h15-21,23-26,29-38,58,61,63,68H,1,22,27-28,39-51,53-54H2,2-14H3,(H2-,81,82,83,88,91)/p+1. The molecule has 17 nitrogen and oxygen atoms in total. The van der Waals surface area contributed by atoms with Gasteiger partial charge in [-0.3, -0.25) is 14.4 Å². The summed E-state index contributed by atoms with van der Waals surface area (Å²) in [5.41, 5.74) is 10.7. The van der Waals surface area contributed by atoms with Gasteiger partial charge in [-0.05, 0) is 164 Å². The molecular formula is C79H105N8O9S3+. The minimum Gasteiger partial charge on any atom is -0.463 e. The molecule has 5 atom stereocenters. The fraction of sp³-hybridized carbons (Fsp3) is 0.468. The number of anilines is 1. The van der Waals surface area contributed by atoms with Crippen LogP contribution in [-0.2, 0) is 43.8 Å². The van der Waals surface area contributed by atoms with E-state index >= 15 is 0 Å². The average Bonchev–Trinajstić information content (AvgIpc) is 1.87. The lowest BCUT2D eigenvalue weighted by atomic mass is 9.68. The molecule has 1 aliphatic carbocycles. The number of nitrogens with one attached hydrogen (secondary N) is 3. The van der Waals surface area contributed by atoms with Crippen molar-refractivity contribution in [1.82, 2.24) is 26.1 Å². The number of hydrogen-bond acceptors (Lipinski definition) is 16. The molecule has 0 aliphatic heterocycles. The molecule has 0 fully saturated rings. The predicted molar refractivity (Wildman–Crippen MR) is 402 cm³/mol. The Morgan fingerprint density at radius 3 is 2.14 bits per heavy atom. The Hall–Kier alpha value is -7.64. The van der Waals surface area contributed by atoms with Gasteiger partial charge in [0, 0.05) is 78.9 Å². The number of nitriles is 1. The van der Waals surface area contributed by atoms with Crippen molar-refractivity contribution in [2.24, 2.45) is 16.7 Å². The van der Waals surface area contributed by atoms with Crippen LogP contribution in [0.15, 0.2) is 170 Å². The van der Waals surface area contributed by atoms with Crippen molar-refractivity contribution in [2.75, 3.05) is 85.4 Å². The largest absolute Gasteiger partial charge is 0.463 e. The number of allylic oxidation sites excluding steroid dienone is 7. The number of methoxy groups -OCH3 is 1. The molecule has 532 valence electrons. The minimum absolute atomic E-state index is 0.0153. The van der Waals surface area contributed by atoms with Gasteiger partial charge in [0.15, 0.2) is 14.4 Å². The Bertz CT molecular complexity index is 3670. The van der Waals surface area contributed by atoms with Crippen molar-refractivity contribution < 1.29 is 47.4 Å². The number of aryl methyl sites for hydroxylation is 2. The zero-order chi connectivity index (χ0) is 71.9. The predicted octanol–water partition coefficient (Wildman–Crippen LogP) is 16.1. The number of hydrogen-bond donors (Lipinski definition) is 3. The molecule has 99 heavy (non-hydrogen) atoms. The van der Waals surface area contributed by atoms with E-state index in [0.29, 0.717) is 57.1 Å².